The molecule has 5 rings (SSSR count). The first-order chi connectivity index (χ1) is 22.0. The number of halogens is 1. The molecular formula is C33H40ClN3O9. The van der Waals surface area contributed by atoms with E-state index in [2.05, 4.69) is 15.2 Å². The fourth-order valence-electron chi connectivity index (χ4n) is 5.98. The number of benzene rings is 2. The number of aromatic nitrogens is 1. The molecular weight excluding hydrogens is 618 g/mol. The van der Waals surface area contributed by atoms with Gasteiger partial charge < -0.3 is 33.6 Å². The van der Waals surface area contributed by atoms with Crippen LogP contribution in [0, 0.1) is 11.8 Å². The van der Waals surface area contributed by atoms with E-state index in [1.807, 2.05) is 13.8 Å². The van der Waals surface area contributed by atoms with Gasteiger partial charge in [0.15, 0.2) is 22.9 Å². The van der Waals surface area contributed by atoms with Crippen molar-refractivity contribution >= 4 is 40.5 Å². The number of fused-ring (bicyclic) bond motifs is 2. The number of likely N-dealkylation sites (tertiary alicyclic amines) is 1. The first kappa shape index (κ1) is 33.6. The Labute approximate surface area is 272 Å². The third-order valence-electron chi connectivity index (χ3n) is 8.65. The lowest BCUT2D eigenvalue weighted by atomic mass is 9.83. The van der Waals surface area contributed by atoms with E-state index in [0.29, 0.717) is 12.1 Å². The molecule has 1 amide bonds. The second-order valence-electron chi connectivity index (χ2n) is 12.0. The predicted molar refractivity (Wildman–Crippen MR) is 169 cm³/mol. The summed E-state index contributed by atoms with van der Waals surface area (Å²) in [6.45, 7) is 9.95. The van der Waals surface area contributed by atoms with Crippen LogP contribution in [-0.4, -0.2) is 79.0 Å². The zero-order valence-corrected chi connectivity index (χ0v) is 27.3. The number of piperidine rings is 1. The number of hydrogen-bond donors (Lipinski definition) is 1. The highest BCUT2D eigenvalue weighted by molar-refractivity contribution is 6.32. The predicted octanol–water partition coefficient (Wildman–Crippen LogP) is 4.42. The number of esters is 2. The number of amides is 1. The van der Waals surface area contributed by atoms with Crippen molar-refractivity contribution in [1.82, 2.24) is 15.2 Å². The number of carbonyl (C=O) groups is 3. The Balaban J connectivity index is 1.38. The Kier molecular flexibility index (Phi) is 10.8. The van der Waals surface area contributed by atoms with Crippen molar-refractivity contribution in [3.8, 4) is 17.2 Å². The summed E-state index contributed by atoms with van der Waals surface area (Å²) >= 11 is 6.63. The largest absolute Gasteiger partial charge is 0.463 e. The molecule has 0 saturated carbocycles. The SMILES string of the molecule is CC(=O)OCC1OC(Oc2cc3oc4cc(=O)cc(C(=O)NCCCN5CCCCC5)c-4nc3cc2Cl)C(OC(C)=O)C(C)C1C. The number of hydrogen-bond acceptors (Lipinski definition) is 11. The zero-order chi connectivity index (χ0) is 33.0. The van der Waals surface area contributed by atoms with E-state index >= 15 is 0 Å². The molecule has 2 fully saturated rings. The Morgan fingerprint density at radius 3 is 2.52 bits per heavy atom. The molecule has 5 atom stereocenters. The van der Waals surface area contributed by atoms with Crippen LogP contribution in [0.2, 0.25) is 5.02 Å². The molecule has 1 aliphatic carbocycles. The van der Waals surface area contributed by atoms with Gasteiger partial charge in [0.25, 0.3) is 5.91 Å². The number of nitrogens with one attached hydrogen (secondary N) is 1. The molecule has 2 saturated heterocycles. The maximum atomic E-state index is 13.1. The van der Waals surface area contributed by atoms with E-state index in [4.69, 9.17) is 35.0 Å². The summed E-state index contributed by atoms with van der Waals surface area (Å²) in [7, 11) is 0. The van der Waals surface area contributed by atoms with Gasteiger partial charge in [-0.1, -0.05) is 31.9 Å². The third-order valence-corrected chi connectivity index (χ3v) is 8.95. The normalized spacial score (nSPS) is 23.6. The molecule has 1 N–H and O–H groups in total. The maximum Gasteiger partial charge on any atom is 0.303 e. The van der Waals surface area contributed by atoms with Gasteiger partial charge in [0.05, 0.1) is 16.7 Å². The Morgan fingerprint density at radius 1 is 1.04 bits per heavy atom. The van der Waals surface area contributed by atoms with Crippen LogP contribution in [0.5, 0.6) is 5.75 Å². The van der Waals surface area contributed by atoms with Crippen molar-refractivity contribution in [2.45, 2.75) is 71.9 Å². The summed E-state index contributed by atoms with van der Waals surface area (Å²) in [5.74, 6) is -1.44. The molecule has 0 spiro atoms. The fourth-order valence-corrected chi connectivity index (χ4v) is 6.18. The highest BCUT2D eigenvalue weighted by Gasteiger charge is 2.45. The molecule has 4 aliphatic rings. The number of rotatable bonds is 10. The average molecular weight is 658 g/mol. The lowest BCUT2D eigenvalue weighted by Crippen LogP contribution is -2.54. The fraction of sp³-hybridized carbons (Fsp3) is 0.545. The number of carbonyl (C=O) groups excluding carboxylic acids is 3. The summed E-state index contributed by atoms with van der Waals surface area (Å²) in [5.41, 5.74) is 0.515. The van der Waals surface area contributed by atoms with E-state index in [1.54, 1.807) is 0 Å². The molecule has 1 aromatic rings. The zero-order valence-electron chi connectivity index (χ0n) is 26.5. The average Bonchev–Trinajstić information content (AvgIpc) is 3.01. The molecule has 46 heavy (non-hydrogen) atoms. The van der Waals surface area contributed by atoms with Gasteiger partial charge in [0.2, 0.25) is 6.29 Å². The number of ether oxygens (including phenoxy) is 4. The van der Waals surface area contributed by atoms with Crippen molar-refractivity contribution in [3.63, 3.8) is 0 Å². The molecule has 3 heterocycles. The van der Waals surface area contributed by atoms with Crippen molar-refractivity contribution in [3.05, 3.63) is 45.1 Å². The Hall–Kier alpha value is -3.74. The summed E-state index contributed by atoms with van der Waals surface area (Å²) in [6, 6.07) is 5.54. The second-order valence-corrected chi connectivity index (χ2v) is 12.5. The molecule has 0 radical (unpaired) electrons. The monoisotopic (exact) mass is 657 g/mol. The van der Waals surface area contributed by atoms with Gasteiger partial charge in [-0.2, -0.15) is 0 Å². The first-order valence-electron chi connectivity index (χ1n) is 15.7. The highest BCUT2D eigenvalue weighted by atomic mass is 35.5. The molecule has 1 aromatic carbocycles. The van der Waals surface area contributed by atoms with E-state index in [9.17, 15) is 19.2 Å². The van der Waals surface area contributed by atoms with Gasteiger partial charge in [-0.15, -0.1) is 0 Å². The molecule has 5 unspecified atom stereocenters. The van der Waals surface area contributed by atoms with Gasteiger partial charge in [-0.05, 0) is 50.9 Å². The van der Waals surface area contributed by atoms with E-state index in [1.165, 1.54) is 57.4 Å². The number of nitrogens with zero attached hydrogens (tertiary/aromatic N) is 2. The van der Waals surface area contributed by atoms with Crippen LogP contribution in [-0.2, 0) is 23.8 Å². The Bertz CT molecular complexity index is 1600. The molecule has 0 bridgehead atoms. The topological polar surface area (TPSA) is 146 Å². The highest BCUT2D eigenvalue weighted by Crippen LogP contribution is 2.38. The minimum atomic E-state index is -1.09. The van der Waals surface area contributed by atoms with Gasteiger partial charge in [0, 0.05) is 44.5 Å². The van der Waals surface area contributed by atoms with E-state index in [0.717, 1.165) is 26.1 Å². The van der Waals surface area contributed by atoms with Gasteiger partial charge in [0.1, 0.15) is 23.6 Å². The van der Waals surface area contributed by atoms with Crippen molar-refractivity contribution in [2.75, 3.05) is 32.8 Å². The van der Waals surface area contributed by atoms with E-state index < -0.39 is 41.8 Å². The van der Waals surface area contributed by atoms with Crippen LogP contribution in [0.25, 0.3) is 22.6 Å². The van der Waals surface area contributed by atoms with E-state index in [-0.39, 0.29) is 51.8 Å². The minimum Gasteiger partial charge on any atom is -0.463 e. The summed E-state index contributed by atoms with van der Waals surface area (Å²) in [4.78, 5) is 56.1. The third kappa shape index (κ3) is 7.97. The van der Waals surface area contributed by atoms with Crippen LogP contribution >= 0.6 is 11.6 Å². The van der Waals surface area contributed by atoms with Gasteiger partial charge >= 0.3 is 11.9 Å². The molecule has 248 valence electrons. The molecule has 13 heteroatoms. The smallest absolute Gasteiger partial charge is 0.303 e. The molecule has 0 aromatic heterocycles. The second kappa shape index (κ2) is 14.8. The van der Waals surface area contributed by atoms with Gasteiger partial charge in [-0.25, -0.2) is 4.98 Å². The van der Waals surface area contributed by atoms with Gasteiger partial charge in [-0.3, -0.25) is 19.2 Å². The quantitative estimate of drug-likeness (QED) is 0.188. The summed E-state index contributed by atoms with van der Waals surface area (Å²) < 4.78 is 29.1. The van der Waals surface area contributed by atoms with Crippen LogP contribution in [0.1, 0.15) is 63.7 Å². The molecule has 12 nitrogen and oxygen atoms in total. The van der Waals surface area contributed by atoms with Crippen LogP contribution < -0.4 is 15.5 Å². The van der Waals surface area contributed by atoms with Crippen LogP contribution in [0.15, 0.2) is 33.5 Å². The van der Waals surface area contributed by atoms with Crippen molar-refractivity contribution < 1.29 is 37.7 Å². The van der Waals surface area contributed by atoms with Crippen molar-refractivity contribution in [2.24, 2.45) is 11.8 Å². The first-order valence-corrected chi connectivity index (χ1v) is 16.1. The summed E-state index contributed by atoms with van der Waals surface area (Å²) in [5, 5.41) is 3.06. The lowest BCUT2D eigenvalue weighted by molar-refractivity contribution is -0.253. The van der Waals surface area contributed by atoms with Crippen LogP contribution in [0.4, 0.5) is 0 Å². The lowest BCUT2D eigenvalue weighted by Gasteiger charge is -2.43. The molecule has 3 aliphatic heterocycles. The standard InChI is InChI=1S/C33H40ClN3O9/c1-18-19(2)31(43-21(4)39)33(46-29(18)17-42-20(3)38)45-26-16-27-25(15-24(26)34)36-30-23(13-22(40)14-28(30)44-27)32(41)35-9-8-12-37-10-6-5-7-11-37/h13-16,18-19,29,31,33H,5-12,17H2,1-4H3,(H,35,41). The maximum absolute atomic E-state index is 13.1. The Morgan fingerprint density at radius 2 is 1.80 bits per heavy atom. The summed E-state index contributed by atoms with van der Waals surface area (Å²) in [6.07, 6.45) is 2.06. The van der Waals surface area contributed by atoms with Crippen LogP contribution in [0.3, 0.4) is 0 Å². The van der Waals surface area contributed by atoms with Crippen molar-refractivity contribution in [1.29, 1.82) is 0 Å². The minimum absolute atomic E-state index is 0.00390.